The van der Waals surface area contributed by atoms with Crippen LogP contribution < -0.4 is 14.8 Å². The second-order valence-electron chi connectivity index (χ2n) is 9.22. The van der Waals surface area contributed by atoms with Gasteiger partial charge in [-0.3, -0.25) is 4.99 Å². The third-order valence-corrected chi connectivity index (χ3v) is 7.43. The fourth-order valence-corrected chi connectivity index (χ4v) is 5.66. The van der Waals surface area contributed by atoms with Crippen molar-refractivity contribution in [3.63, 3.8) is 0 Å². The van der Waals surface area contributed by atoms with Gasteiger partial charge in [-0.1, -0.05) is 18.9 Å². The number of ether oxygens (including phenoxy) is 3. The lowest BCUT2D eigenvalue weighted by Crippen LogP contribution is -2.46. The van der Waals surface area contributed by atoms with Gasteiger partial charge in [0, 0.05) is 44.1 Å². The number of benzene rings is 1. The number of hydrogen-bond acceptors (Lipinski definition) is 4. The SMILES string of the molecule is CN=C(NCC1(c2ccc3c(c2)OCCO3)CCCC1)N1CCC2(CCOC2)C1. The highest BCUT2D eigenvalue weighted by Crippen LogP contribution is 2.44. The average Bonchev–Trinajstić information content (AvgIpc) is 3.51. The normalized spacial score (nSPS) is 28.3. The standard InChI is InChI=1S/C23H33N3O3/c1-24-21(26-10-8-22(16-26)9-11-27-17-22)25-15-23(6-2-3-7-23)18-4-5-19-20(14-18)29-13-12-28-19/h4-5,14H,2-3,6-13,15-17H2,1H3,(H,24,25). The van der Waals surface area contributed by atoms with Gasteiger partial charge in [-0.2, -0.15) is 0 Å². The third-order valence-electron chi connectivity index (χ3n) is 7.43. The molecule has 1 N–H and O–H groups in total. The van der Waals surface area contributed by atoms with Crippen LogP contribution in [-0.4, -0.2) is 64.0 Å². The van der Waals surface area contributed by atoms with E-state index in [1.54, 1.807) is 0 Å². The Morgan fingerprint density at radius 2 is 1.90 bits per heavy atom. The monoisotopic (exact) mass is 399 g/mol. The zero-order valence-corrected chi connectivity index (χ0v) is 17.5. The smallest absolute Gasteiger partial charge is 0.193 e. The summed E-state index contributed by atoms with van der Waals surface area (Å²) >= 11 is 0. The minimum atomic E-state index is 0.139. The molecular formula is C23H33N3O3. The molecule has 29 heavy (non-hydrogen) atoms. The highest BCUT2D eigenvalue weighted by atomic mass is 16.6. The van der Waals surface area contributed by atoms with Gasteiger partial charge >= 0.3 is 0 Å². The molecule has 6 heteroatoms. The Balaban J connectivity index is 1.30. The summed E-state index contributed by atoms with van der Waals surface area (Å²) in [7, 11) is 1.91. The second kappa shape index (κ2) is 7.71. The number of rotatable bonds is 3. The topological polar surface area (TPSA) is 55.3 Å². The second-order valence-corrected chi connectivity index (χ2v) is 9.22. The number of nitrogens with one attached hydrogen (secondary N) is 1. The lowest BCUT2D eigenvalue weighted by Gasteiger charge is -2.33. The minimum Gasteiger partial charge on any atom is -0.486 e. The molecule has 1 aliphatic carbocycles. The summed E-state index contributed by atoms with van der Waals surface area (Å²) in [6.07, 6.45) is 7.35. The van der Waals surface area contributed by atoms with Crippen molar-refractivity contribution in [3.05, 3.63) is 23.8 Å². The van der Waals surface area contributed by atoms with Gasteiger partial charge in [-0.25, -0.2) is 0 Å². The van der Waals surface area contributed by atoms with Crippen LogP contribution >= 0.6 is 0 Å². The molecule has 0 radical (unpaired) electrons. The van der Waals surface area contributed by atoms with E-state index in [1.807, 2.05) is 7.05 Å². The van der Waals surface area contributed by atoms with E-state index in [9.17, 15) is 0 Å². The maximum absolute atomic E-state index is 5.86. The summed E-state index contributed by atoms with van der Waals surface area (Å²) in [5, 5.41) is 3.74. The van der Waals surface area contributed by atoms with Gasteiger partial charge < -0.3 is 24.4 Å². The number of fused-ring (bicyclic) bond motifs is 1. The Bertz CT molecular complexity index is 767. The molecular weight excluding hydrogens is 366 g/mol. The Labute approximate surface area is 173 Å². The summed E-state index contributed by atoms with van der Waals surface area (Å²) in [4.78, 5) is 7.06. The molecule has 5 rings (SSSR count). The van der Waals surface area contributed by atoms with Crippen molar-refractivity contribution >= 4 is 5.96 Å². The fourth-order valence-electron chi connectivity index (χ4n) is 5.66. The highest BCUT2D eigenvalue weighted by molar-refractivity contribution is 5.80. The van der Waals surface area contributed by atoms with Crippen molar-refractivity contribution in [2.24, 2.45) is 10.4 Å². The quantitative estimate of drug-likeness (QED) is 0.626. The largest absolute Gasteiger partial charge is 0.486 e. The number of guanidine groups is 1. The first kappa shape index (κ1) is 19.0. The van der Waals surface area contributed by atoms with E-state index < -0.39 is 0 Å². The van der Waals surface area contributed by atoms with Crippen molar-refractivity contribution in [3.8, 4) is 11.5 Å². The number of hydrogen-bond donors (Lipinski definition) is 1. The highest BCUT2D eigenvalue weighted by Gasteiger charge is 2.43. The third kappa shape index (κ3) is 3.56. The van der Waals surface area contributed by atoms with Crippen LogP contribution in [0.25, 0.3) is 0 Å². The van der Waals surface area contributed by atoms with Gasteiger partial charge in [-0.15, -0.1) is 0 Å². The van der Waals surface area contributed by atoms with Crippen molar-refractivity contribution in [1.29, 1.82) is 0 Å². The molecule has 1 aromatic carbocycles. The van der Waals surface area contributed by atoms with E-state index in [0.29, 0.717) is 18.6 Å². The van der Waals surface area contributed by atoms with Crippen molar-refractivity contribution in [2.75, 3.05) is 53.1 Å². The summed E-state index contributed by atoms with van der Waals surface area (Å²) in [5.74, 6) is 2.81. The first-order chi connectivity index (χ1) is 14.2. The van der Waals surface area contributed by atoms with Crippen molar-refractivity contribution < 1.29 is 14.2 Å². The van der Waals surface area contributed by atoms with Gasteiger partial charge in [0.05, 0.1) is 6.61 Å². The molecule has 4 aliphatic rings. The summed E-state index contributed by atoms with van der Waals surface area (Å²) < 4.78 is 17.3. The van der Waals surface area contributed by atoms with E-state index in [2.05, 4.69) is 33.4 Å². The molecule has 0 bridgehead atoms. The Kier molecular flexibility index (Phi) is 5.06. The van der Waals surface area contributed by atoms with Crippen LogP contribution in [0.5, 0.6) is 11.5 Å². The van der Waals surface area contributed by atoms with E-state index in [1.165, 1.54) is 44.1 Å². The lowest BCUT2D eigenvalue weighted by atomic mass is 9.78. The maximum atomic E-state index is 5.86. The number of nitrogens with zero attached hydrogens (tertiary/aromatic N) is 2. The molecule has 3 heterocycles. The summed E-state index contributed by atoms with van der Waals surface area (Å²) in [6, 6.07) is 6.54. The molecule has 0 aromatic heterocycles. The number of likely N-dealkylation sites (tertiary alicyclic amines) is 1. The molecule has 3 fully saturated rings. The predicted molar refractivity (Wildman–Crippen MR) is 113 cm³/mol. The summed E-state index contributed by atoms with van der Waals surface area (Å²) in [6.45, 7) is 6.13. The Morgan fingerprint density at radius 3 is 2.66 bits per heavy atom. The predicted octanol–water partition coefficient (Wildman–Crippen LogP) is 2.96. The van der Waals surface area contributed by atoms with Crippen LogP contribution in [0.4, 0.5) is 0 Å². The molecule has 2 saturated heterocycles. The maximum Gasteiger partial charge on any atom is 0.193 e. The van der Waals surface area contributed by atoms with Crippen LogP contribution in [0, 0.1) is 5.41 Å². The van der Waals surface area contributed by atoms with Gasteiger partial charge in [-0.05, 0) is 43.4 Å². The van der Waals surface area contributed by atoms with Crippen LogP contribution in [-0.2, 0) is 10.2 Å². The van der Waals surface area contributed by atoms with Gasteiger partial charge in [0.1, 0.15) is 13.2 Å². The Hall–Kier alpha value is -1.95. The van der Waals surface area contributed by atoms with Crippen LogP contribution in [0.2, 0.25) is 0 Å². The van der Waals surface area contributed by atoms with Crippen molar-refractivity contribution in [2.45, 2.75) is 43.9 Å². The molecule has 1 aromatic rings. The van der Waals surface area contributed by atoms with Gasteiger partial charge in [0.2, 0.25) is 0 Å². The van der Waals surface area contributed by atoms with Gasteiger partial charge in [0.25, 0.3) is 0 Å². The molecule has 1 spiro atoms. The minimum absolute atomic E-state index is 0.139. The van der Waals surface area contributed by atoms with Crippen LogP contribution in [0.1, 0.15) is 44.1 Å². The molecule has 1 saturated carbocycles. The average molecular weight is 400 g/mol. The van der Waals surface area contributed by atoms with E-state index in [4.69, 9.17) is 14.2 Å². The van der Waals surface area contributed by atoms with Crippen LogP contribution in [0.3, 0.4) is 0 Å². The molecule has 0 amide bonds. The first-order valence-corrected chi connectivity index (χ1v) is 11.2. The van der Waals surface area contributed by atoms with E-state index >= 15 is 0 Å². The van der Waals surface area contributed by atoms with Gasteiger partial charge in [0.15, 0.2) is 17.5 Å². The molecule has 1 unspecified atom stereocenters. The molecule has 3 aliphatic heterocycles. The zero-order valence-electron chi connectivity index (χ0n) is 17.5. The van der Waals surface area contributed by atoms with Crippen LogP contribution in [0.15, 0.2) is 23.2 Å². The molecule has 6 nitrogen and oxygen atoms in total. The molecule has 158 valence electrons. The lowest BCUT2D eigenvalue weighted by molar-refractivity contribution is 0.156. The molecule has 1 atom stereocenters. The fraction of sp³-hybridized carbons (Fsp3) is 0.696. The first-order valence-electron chi connectivity index (χ1n) is 11.2. The zero-order chi connectivity index (χ0) is 19.7. The van der Waals surface area contributed by atoms with E-state index in [0.717, 1.165) is 50.3 Å². The summed E-state index contributed by atoms with van der Waals surface area (Å²) in [5.41, 5.74) is 1.85. The number of aliphatic imine (C=N–C) groups is 1. The van der Waals surface area contributed by atoms with Crippen molar-refractivity contribution in [1.82, 2.24) is 10.2 Å². The Morgan fingerprint density at radius 1 is 1.07 bits per heavy atom. The van der Waals surface area contributed by atoms with E-state index in [-0.39, 0.29) is 5.41 Å².